The van der Waals surface area contributed by atoms with E-state index in [2.05, 4.69) is 0 Å². The fraction of sp³-hybridized carbons (Fsp3) is 0.304. The number of fused-ring (bicyclic) bond motifs is 2. The second-order valence-electron chi connectivity index (χ2n) is 8.14. The summed E-state index contributed by atoms with van der Waals surface area (Å²) in [5, 5.41) is 9.52. The molecule has 0 saturated carbocycles. The van der Waals surface area contributed by atoms with Crippen molar-refractivity contribution < 1.29 is 23.5 Å². The first kappa shape index (κ1) is 19.8. The average Bonchev–Trinajstić information content (AvgIpc) is 3.10. The Labute approximate surface area is 179 Å². The molecule has 0 amide bonds. The van der Waals surface area contributed by atoms with Crippen LogP contribution in [-0.4, -0.2) is 29.3 Å². The SMILES string of the molecule is Cc1cc(F)ccc1C1C=C(C(=O)O)C(=O)c2cc(F)c(C3C[C@@H]4[C@@H](N)I4C3)cc21. The van der Waals surface area contributed by atoms with Gasteiger partial charge < -0.3 is 0 Å². The van der Waals surface area contributed by atoms with E-state index < -0.39 is 49.1 Å². The number of hydrogen-bond acceptors (Lipinski definition) is 3. The molecule has 4 atom stereocenters. The molecule has 0 bridgehead atoms. The van der Waals surface area contributed by atoms with Crippen LogP contribution in [0, 0.1) is 18.6 Å². The number of carboxylic acid groups (broad SMARTS) is 1. The molecular weight excluding hydrogens is 503 g/mol. The van der Waals surface area contributed by atoms with E-state index in [-0.39, 0.29) is 17.1 Å². The molecule has 3 aliphatic rings. The van der Waals surface area contributed by atoms with Crippen LogP contribution in [0.5, 0.6) is 0 Å². The van der Waals surface area contributed by atoms with Crippen molar-refractivity contribution in [2.45, 2.75) is 33.2 Å². The molecule has 2 aromatic rings. The van der Waals surface area contributed by atoms with Gasteiger partial charge >= 0.3 is 180 Å². The van der Waals surface area contributed by atoms with E-state index in [1.165, 1.54) is 24.3 Å². The van der Waals surface area contributed by atoms with E-state index in [0.29, 0.717) is 30.2 Å². The molecule has 2 aliphatic heterocycles. The Kier molecular flexibility index (Phi) is 4.59. The quantitative estimate of drug-likeness (QED) is 0.273. The van der Waals surface area contributed by atoms with Crippen molar-refractivity contribution >= 4 is 31.6 Å². The fourth-order valence-corrected chi connectivity index (χ4v) is 12.6. The summed E-state index contributed by atoms with van der Waals surface area (Å²) in [6, 6.07) is 7.23. The summed E-state index contributed by atoms with van der Waals surface area (Å²) in [5.41, 5.74) is 8.30. The van der Waals surface area contributed by atoms with Crippen molar-refractivity contribution in [3.63, 3.8) is 0 Å². The van der Waals surface area contributed by atoms with Gasteiger partial charge in [-0.3, -0.25) is 0 Å². The predicted molar refractivity (Wildman–Crippen MR) is 117 cm³/mol. The van der Waals surface area contributed by atoms with E-state index in [9.17, 15) is 19.1 Å². The van der Waals surface area contributed by atoms with Gasteiger partial charge in [0.05, 0.1) is 0 Å². The van der Waals surface area contributed by atoms with Crippen LogP contribution in [0.2, 0.25) is 0 Å². The number of ketones is 1. The molecule has 1 aliphatic carbocycles. The summed E-state index contributed by atoms with van der Waals surface area (Å²) in [6.45, 7) is 1.74. The summed E-state index contributed by atoms with van der Waals surface area (Å²) in [5.74, 6) is -3.33. The van der Waals surface area contributed by atoms with Gasteiger partial charge in [-0.25, -0.2) is 0 Å². The van der Waals surface area contributed by atoms with Crippen molar-refractivity contribution in [1.29, 1.82) is 0 Å². The summed E-state index contributed by atoms with van der Waals surface area (Å²) in [7, 11) is 0. The molecule has 2 unspecified atom stereocenters. The number of nitrogens with two attached hydrogens (primary N) is 1. The molecule has 4 nitrogen and oxygen atoms in total. The third-order valence-electron chi connectivity index (χ3n) is 6.40. The molecule has 0 spiro atoms. The number of hydrogen-bond donors (Lipinski definition) is 2. The number of allylic oxidation sites excluding steroid dienone is 1. The number of carboxylic acids is 1. The number of rotatable bonds is 3. The Morgan fingerprint density at radius 1 is 1.17 bits per heavy atom. The Morgan fingerprint density at radius 3 is 2.57 bits per heavy atom. The first-order valence-electron chi connectivity index (χ1n) is 9.74. The molecule has 5 rings (SSSR count). The van der Waals surface area contributed by atoms with Crippen LogP contribution in [0.1, 0.15) is 50.9 Å². The molecule has 0 radical (unpaired) electrons. The molecule has 2 heterocycles. The molecule has 2 aromatic carbocycles. The maximum absolute atomic E-state index is 15.0. The Hall–Kier alpha value is -2.13. The van der Waals surface area contributed by atoms with E-state index in [1.54, 1.807) is 19.1 Å². The first-order valence-corrected chi connectivity index (χ1v) is 13.8. The van der Waals surface area contributed by atoms with Crippen molar-refractivity contribution in [3.8, 4) is 0 Å². The third kappa shape index (κ3) is 3.01. The molecule has 7 heteroatoms. The Bertz CT molecular complexity index is 1130. The number of benzene rings is 2. The zero-order valence-electron chi connectivity index (χ0n) is 16.2. The van der Waals surface area contributed by atoms with Crippen LogP contribution in [0.25, 0.3) is 0 Å². The summed E-state index contributed by atoms with van der Waals surface area (Å²) >= 11 is -1.15. The number of carbonyl (C=O) groups excluding carboxylic acids is 1. The number of aliphatic carboxylic acids is 1. The summed E-state index contributed by atoms with van der Waals surface area (Å²) in [6.07, 6.45) is 2.30. The van der Waals surface area contributed by atoms with Gasteiger partial charge in [-0.1, -0.05) is 0 Å². The Morgan fingerprint density at radius 2 is 1.93 bits per heavy atom. The summed E-state index contributed by atoms with van der Waals surface area (Å²) in [4.78, 5) is 24.5. The average molecular weight is 523 g/mol. The minimum atomic E-state index is -1.35. The van der Waals surface area contributed by atoms with E-state index in [4.69, 9.17) is 5.73 Å². The number of carbonyl (C=O) groups is 2. The van der Waals surface area contributed by atoms with Crippen molar-refractivity contribution in [1.82, 2.24) is 0 Å². The second-order valence-corrected chi connectivity index (χ2v) is 14.5. The topological polar surface area (TPSA) is 80.4 Å². The van der Waals surface area contributed by atoms with E-state index >= 15 is 4.39 Å². The fourth-order valence-electron chi connectivity index (χ4n) is 4.78. The monoisotopic (exact) mass is 523 g/mol. The predicted octanol–water partition coefficient (Wildman–Crippen LogP) is 4.27. The molecule has 3 N–H and O–H groups in total. The third-order valence-corrected chi connectivity index (χ3v) is 13.7. The van der Waals surface area contributed by atoms with Gasteiger partial charge in [-0.15, -0.1) is 0 Å². The van der Waals surface area contributed by atoms with Gasteiger partial charge in [0.2, 0.25) is 0 Å². The molecular formula is C23H20F2INO3. The van der Waals surface area contributed by atoms with Crippen LogP contribution in [0.15, 0.2) is 42.0 Å². The minimum absolute atomic E-state index is 0.0727. The van der Waals surface area contributed by atoms with Crippen LogP contribution >= 0.6 is 19.8 Å². The van der Waals surface area contributed by atoms with Crippen molar-refractivity contribution in [3.05, 3.63) is 81.4 Å². The first-order chi connectivity index (χ1) is 14.3. The number of Topliss-reactive ketones (excluding diaryl/α,β-unsaturated/α-hetero) is 1. The summed E-state index contributed by atoms with van der Waals surface area (Å²) < 4.78 is 30.6. The number of halogens is 3. The van der Waals surface area contributed by atoms with Crippen LogP contribution in [-0.2, 0) is 4.79 Å². The zero-order chi connectivity index (χ0) is 21.3. The van der Waals surface area contributed by atoms with Gasteiger partial charge in [0.25, 0.3) is 0 Å². The van der Waals surface area contributed by atoms with Gasteiger partial charge in [0.1, 0.15) is 0 Å². The van der Waals surface area contributed by atoms with Crippen LogP contribution in [0.3, 0.4) is 0 Å². The zero-order valence-corrected chi connectivity index (χ0v) is 18.3. The maximum atomic E-state index is 15.0. The van der Waals surface area contributed by atoms with Crippen LogP contribution < -0.4 is 5.73 Å². The van der Waals surface area contributed by atoms with Gasteiger partial charge in [0, 0.05) is 0 Å². The van der Waals surface area contributed by atoms with Crippen molar-refractivity contribution in [2.24, 2.45) is 5.73 Å². The number of aryl methyl sites for hydroxylation is 1. The normalized spacial score (nSPS) is 28.1. The standard InChI is InChI=1S/C23H20F2INO3/c1-10-4-12(24)2-3-13(10)15-7-18(23(29)30)21(28)17-8-19(25)14(6-16(15)17)11-5-20-22(27)26(20)9-11/h2-4,6-8,11,15,20,22H,5,9,27H2,1H3,(H,29,30)/t11?,15?,20-,22-/m1/s1. The molecule has 30 heavy (non-hydrogen) atoms. The van der Waals surface area contributed by atoms with Gasteiger partial charge in [-0.2, -0.15) is 0 Å². The molecule has 156 valence electrons. The molecule has 2 fully saturated rings. The van der Waals surface area contributed by atoms with E-state index in [0.717, 1.165) is 10.8 Å². The van der Waals surface area contributed by atoms with Gasteiger partial charge in [-0.05, 0) is 0 Å². The molecule has 0 aromatic heterocycles. The second kappa shape index (κ2) is 6.95. The Balaban J connectivity index is 1.65. The van der Waals surface area contributed by atoms with Gasteiger partial charge in [0.15, 0.2) is 0 Å². The van der Waals surface area contributed by atoms with E-state index in [1.807, 2.05) is 0 Å². The van der Waals surface area contributed by atoms with Crippen molar-refractivity contribution in [2.75, 3.05) is 4.43 Å². The number of alkyl halides is 3. The molecule has 2 saturated heterocycles. The van der Waals surface area contributed by atoms with Crippen LogP contribution in [0.4, 0.5) is 8.78 Å².